The average Bonchev–Trinajstić information content (AvgIpc) is 3.36. The molecule has 2 aromatic heterocycles. The van der Waals surface area contributed by atoms with Gasteiger partial charge in [-0.15, -0.1) is 21.5 Å². The molecule has 0 saturated heterocycles. The lowest BCUT2D eigenvalue weighted by Gasteiger charge is -2.11. The highest BCUT2D eigenvalue weighted by Gasteiger charge is 2.27. The monoisotopic (exact) mass is 462 g/mol. The van der Waals surface area contributed by atoms with Gasteiger partial charge < -0.3 is 10.1 Å². The smallest absolute Gasteiger partial charge is 0.341 e. The largest absolute Gasteiger partial charge is 0.465 e. The summed E-state index contributed by atoms with van der Waals surface area (Å²) in [6.07, 6.45) is 5.47. The highest BCUT2D eigenvalue weighted by atomic mass is 35.5. The summed E-state index contributed by atoms with van der Waals surface area (Å²) in [4.78, 5) is 26.1. The number of thiophene rings is 1. The van der Waals surface area contributed by atoms with E-state index in [1.165, 1.54) is 30.2 Å². The number of amides is 1. The van der Waals surface area contributed by atoms with Crippen LogP contribution in [-0.2, 0) is 22.4 Å². The van der Waals surface area contributed by atoms with Gasteiger partial charge in [0.05, 0.1) is 24.1 Å². The van der Waals surface area contributed by atoms with Crippen molar-refractivity contribution < 1.29 is 14.3 Å². The summed E-state index contributed by atoms with van der Waals surface area (Å²) in [6, 6.07) is 7.31. The van der Waals surface area contributed by atoms with Crippen LogP contribution in [0, 0.1) is 0 Å². The molecule has 0 fully saturated rings. The molecule has 10 heteroatoms. The van der Waals surface area contributed by atoms with Crippen LogP contribution in [0.15, 0.2) is 35.7 Å². The number of nitrogens with one attached hydrogen (secondary N) is 1. The standard InChI is InChI=1S/C20H19ClN4O3S2/c1-28-19(27)17-14-7-2-3-8-15(14)30-18(17)23-16(26)10-29-20-24-22-11-25(20)13-6-4-5-12(21)9-13/h4-6,9,11H,2-3,7-8,10H2,1H3,(H,23,26). The number of thioether (sulfide) groups is 1. The second-order valence-electron chi connectivity index (χ2n) is 6.71. The summed E-state index contributed by atoms with van der Waals surface area (Å²) in [5.74, 6) is -0.495. The summed E-state index contributed by atoms with van der Waals surface area (Å²) in [7, 11) is 1.36. The zero-order chi connectivity index (χ0) is 21.1. The first-order valence-electron chi connectivity index (χ1n) is 9.38. The maximum Gasteiger partial charge on any atom is 0.341 e. The number of benzene rings is 1. The van der Waals surface area contributed by atoms with Crippen molar-refractivity contribution in [3.63, 3.8) is 0 Å². The molecular formula is C20H19ClN4O3S2. The fourth-order valence-corrected chi connectivity index (χ4v) is 5.60. The fraction of sp³-hybridized carbons (Fsp3) is 0.300. The minimum absolute atomic E-state index is 0.127. The van der Waals surface area contributed by atoms with Gasteiger partial charge in [0.15, 0.2) is 5.16 Å². The van der Waals surface area contributed by atoms with Crippen molar-refractivity contribution in [2.75, 3.05) is 18.2 Å². The zero-order valence-electron chi connectivity index (χ0n) is 16.2. The molecule has 0 atom stereocenters. The number of ether oxygens (including phenoxy) is 1. The van der Waals surface area contributed by atoms with Gasteiger partial charge in [0.1, 0.15) is 11.3 Å². The summed E-state index contributed by atoms with van der Waals surface area (Å²) >= 11 is 8.79. The van der Waals surface area contributed by atoms with Crippen LogP contribution in [0.5, 0.6) is 0 Å². The van der Waals surface area contributed by atoms with Crippen molar-refractivity contribution >= 4 is 51.6 Å². The SMILES string of the molecule is COC(=O)c1c(NC(=O)CSc2nncn2-c2cccc(Cl)c2)sc2c1CCCC2. The Morgan fingerprint density at radius 1 is 1.33 bits per heavy atom. The molecule has 156 valence electrons. The maximum atomic E-state index is 12.6. The van der Waals surface area contributed by atoms with Gasteiger partial charge in [-0.2, -0.15) is 0 Å². The zero-order valence-corrected chi connectivity index (χ0v) is 18.6. The van der Waals surface area contributed by atoms with Crippen LogP contribution in [0.2, 0.25) is 5.02 Å². The van der Waals surface area contributed by atoms with Gasteiger partial charge in [-0.1, -0.05) is 29.4 Å². The Morgan fingerprint density at radius 3 is 2.97 bits per heavy atom. The first-order valence-corrected chi connectivity index (χ1v) is 11.6. The van der Waals surface area contributed by atoms with Gasteiger partial charge in [0, 0.05) is 9.90 Å². The molecule has 4 rings (SSSR count). The number of carbonyl (C=O) groups excluding carboxylic acids is 2. The van der Waals surface area contributed by atoms with Crippen molar-refractivity contribution in [1.82, 2.24) is 14.8 Å². The molecule has 0 saturated carbocycles. The molecule has 1 aromatic carbocycles. The number of aryl methyl sites for hydroxylation is 1. The number of hydrogen-bond donors (Lipinski definition) is 1. The molecule has 1 aliphatic rings. The second-order valence-corrected chi connectivity index (χ2v) is 9.19. The van der Waals surface area contributed by atoms with Crippen LogP contribution < -0.4 is 5.32 Å². The van der Waals surface area contributed by atoms with Gasteiger partial charge in [0.2, 0.25) is 5.91 Å². The first kappa shape index (κ1) is 20.9. The minimum Gasteiger partial charge on any atom is -0.465 e. The fourth-order valence-electron chi connectivity index (χ4n) is 3.39. The second kappa shape index (κ2) is 9.20. The van der Waals surface area contributed by atoms with Gasteiger partial charge in [-0.3, -0.25) is 9.36 Å². The van der Waals surface area contributed by atoms with Crippen LogP contribution in [0.1, 0.15) is 33.6 Å². The average molecular weight is 463 g/mol. The van der Waals surface area contributed by atoms with E-state index in [1.807, 2.05) is 12.1 Å². The number of hydrogen-bond acceptors (Lipinski definition) is 7. The van der Waals surface area contributed by atoms with E-state index in [9.17, 15) is 9.59 Å². The highest BCUT2D eigenvalue weighted by molar-refractivity contribution is 7.99. The third kappa shape index (κ3) is 4.38. The highest BCUT2D eigenvalue weighted by Crippen LogP contribution is 2.38. The molecule has 2 heterocycles. The normalized spacial score (nSPS) is 13.0. The van der Waals surface area contributed by atoms with Gasteiger partial charge in [-0.25, -0.2) is 4.79 Å². The van der Waals surface area contributed by atoms with Crippen LogP contribution in [0.4, 0.5) is 5.00 Å². The predicted octanol–water partition coefficient (Wildman–Crippen LogP) is 4.38. The van der Waals surface area contributed by atoms with E-state index in [1.54, 1.807) is 23.0 Å². The number of anilines is 1. The Labute approximate surface area is 186 Å². The number of esters is 1. The van der Waals surface area contributed by atoms with E-state index in [0.29, 0.717) is 20.7 Å². The number of rotatable bonds is 6. The van der Waals surface area contributed by atoms with Crippen LogP contribution >= 0.6 is 34.7 Å². The van der Waals surface area contributed by atoms with Gasteiger partial charge in [-0.05, 0) is 49.4 Å². The third-order valence-corrected chi connectivity index (χ3v) is 7.13. The topological polar surface area (TPSA) is 86.1 Å². The molecule has 3 aromatic rings. The van der Waals surface area contributed by atoms with Crippen LogP contribution in [0.25, 0.3) is 5.69 Å². The predicted molar refractivity (Wildman–Crippen MR) is 118 cm³/mol. The molecule has 30 heavy (non-hydrogen) atoms. The number of aromatic nitrogens is 3. The molecular weight excluding hydrogens is 444 g/mol. The lowest BCUT2D eigenvalue weighted by Crippen LogP contribution is -2.17. The van der Waals surface area contributed by atoms with Gasteiger partial charge >= 0.3 is 5.97 Å². The summed E-state index contributed by atoms with van der Waals surface area (Å²) in [6.45, 7) is 0. The Balaban J connectivity index is 1.48. The molecule has 1 amide bonds. The summed E-state index contributed by atoms with van der Waals surface area (Å²) < 4.78 is 6.73. The molecule has 0 bridgehead atoms. The molecule has 0 spiro atoms. The van der Waals surface area contributed by atoms with E-state index >= 15 is 0 Å². The number of halogens is 1. The number of nitrogens with zero attached hydrogens (tertiary/aromatic N) is 3. The Bertz CT molecular complexity index is 1100. The van der Waals surface area contributed by atoms with Crippen molar-refractivity contribution in [2.24, 2.45) is 0 Å². The molecule has 7 nitrogen and oxygen atoms in total. The molecule has 0 radical (unpaired) electrons. The Morgan fingerprint density at radius 2 is 2.17 bits per heavy atom. The van der Waals surface area contributed by atoms with Crippen molar-refractivity contribution in [3.8, 4) is 5.69 Å². The Kier molecular flexibility index (Phi) is 6.40. The number of carbonyl (C=O) groups is 2. The van der Waals surface area contributed by atoms with Crippen molar-refractivity contribution in [1.29, 1.82) is 0 Å². The van der Waals surface area contributed by atoms with Gasteiger partial charge in [0.25, 0.3) is 0 Å². The van der Waals surface area contributed by atoms with Crippen LogP contribution in [-0.4, -0.2) is 39.5 Å². The van der Waals surface area contributed by atoms with E-state index in [4.69, 9.17) is 16.3 Å². The third-order valence-electron chi connectivity index (χ3n) is 4.75. The van der Waals surface area contributed by atoms with E-state index in [2.05, 4.69) is 15.5 Å². The van der Waals surface area contributed by atoms with E-state index in [0.717, 1.165) is 41.8 Å². The maximum absolute atomic E-state index is 12.6. The molecule has 1 N–H and O–H groups in total. The first-order chi connectivity index (χ1) is 14.6. The van der Waals surface area contributed by atoms with Crippen LogP contribution in [0.3, 0.4) is 0 Å². The number of methoxy groups -OCH3 is 1. The summed E-state index contributed by atoms with van der Waals surface area (Å²) in [5, 5.41) is 12.7. The molecule has 0 unspecified atom stereocenters. The molecule has 0 aliphatic heterocycles. The lowest BCUT2D eigenvalue weighted by atomic mass is 9.95. The quantitative estimate of drug-likeness (QED) is 0.432. The lowest BCUT2D eigenvalue weighted by molar-refractivity contribution is -0.113. The van der Waals surface area contributed by atoms with Crippen molar-refractivity contribution in [3.05, 3.63) is 51.6 Å². The van der Waals surface area contributed by atoms with E-state index in [-0.39, 0.29) is 11.7 Å². The Hall–Kier alpha value is -2.36. The number of fused-ring (bicyclic) bond motifs is 1. The minimum atomic E-state index is -0.405. The van der Waals surface area contributed by atoms with E-state index < -0.39 is 5.97 Å². The van der Waals surface area contributed by atoms with Crippen molar-refractivity contribution in [2.45, 2.75) is 30.8 Å². The summed E-state index contributed by atoms with van der Waals surface area (Å²) in [5.41, 5.74) is 2.33. The molecule has 1 aliphatic carbocycles.